The van der Waals surface area contributed by atoms with Crippen molar-refractivity contribution >= 4 is 23.3 Å². The Morgan fingerprint density at radius 2 is 1.04 bits per heavy atom. The number of carbonyl (C=O) groups excluding carboxylic acids is 2. The smallest absolute Gasteiger partial charge is 0.343 e. The summed E-state index contributed by atoms with van der Waals surface area (Å²) in [7, 11) is 0. The number of ether oxygens (including phenoxy) is 3. The molecule has 0 radical (unpaired) electrons. The molecule has 0 spiro atoms. The maximum Gasteiger partial charge on any atom is 0.343 e. The molecule has 7 nitrogen and oxygen atoms in total. The molecule has 0 N–H and O–H groups in total. The summed E-state index contributed by atoms with van der Waals surface area (Å²) >= 11 is 0. The van der Waals surface area contributed by atoms with E-state index in [-0.39, 0.29) is 12.1 Å². The molecule has 0 saturated heterocycles. The van der Waals surface area contributed by atoms with Crippen molar-refractivity contribution in [3.8, 4) is 11.5 Å². The number of unbranched alkanes of at least 4 members (excludes halogenated alkanes) is 10. The van der Waals surface area contributed by atoms with Gasteiger partial charge in [0.2, 0.25) is 0 Å². The fourth-order valence-electron chi connectivity index (χ4n) is 5.00. The van der Waals surface area contributed by atoms with Crippen molar-refractivity contribution < 1.29 is 23.8 Å². The minimum Gasteiger partial charge on any atom is -0.494 e. The Balaban J connectivity index is 1.41. The zero-order valence-corrected chi connectivity index (χ0v) is 28.0. The van der Waals surface area contributed by atoms with Gasteiger partial charge in [0.05, 0.1) is 29.1 Å². The van der Waals surface area contributed by atoms with Crippen LogP contribution in [0.15, 0.2) is 83.0 Å². The Kier molecular flexibility index (Phi) is 17.2. The molecular formula is C39H52N2O5. The molecular weight excluding hydrogens is 576 g/mol. The van der Waals surface area contributed by atoms with E-state index in [1.807, 2.05) is 31.2 Å². The first-order chi connectivity index (χ1) is 22.5. The average molecular weight is 629 g/mol. The number of nitrogens with zero attached hydrogens (tertiary/aromatic N) is 2. The van der Waals surface area contributed by atoms with Crippen molar-refractivity contribution in [2.45, 2.75) is 117 Å². The van der Waals surface area contributed by atoms with E-state index in [2.05, 4.69) is 24.1 Å². The Hall–Kier alpha value is -4.00. The van der Waals surface area contributed by atoms with E-state index < -0.39 is 5.97 Å². The van der Waals surface area contributed by atoms with Crippen LogP contribution >= 0.6 is 0 Å². The van der Waals surface area contributed by atoms with Crippen LogP contribution in [-0.4, -0.2) is 24.6 Å². The van der Waals surface area contributed by atoms with E-state index in [4.69, 9.17) is 14.2 Å². The second-order valence-corrected chi connectivity index (χ2v) is 11.8. The van der Waals surface area contributed by atoms with E-state index >= 15 is 0 Å². The summed E-state index contributed by atoms with van der Waals surface area (Å²) in [6.07, 6.45) is 16.3. The minimum atomic E-state index is -0.500. The van der Waals surface area contributed by atoms with Gasteiger partial charge in [0.15, 0.2) is 0 Å². The van der Waals surface area contributed by atoms with E-state index in [0.717, 1.165) is 38.0 Å². The number of carbonyl (C=O) groups is 2. The monoisotopic (exact) mass is 628 g/mol. The molecule has 46 heavy (non-hydrogen) atoms. The molecule has 0 amide bonds. The number of esters is 2. The number of benzene rings is 3. The molecule has 3 rings (SSSR count). The summed E-state index contributed by atoms with van der Waals surface area (Å²) in [6, 6.07) is 20.7. The van der Waals surface area contributed by atoms with Gasteiger partial charge in [0.25, 0.3) is 0 Å². The van der Waals surface area contributed by atoms with Crippen LogP contribution in [0.3, 0.4) is 0 Å². The largest absolute Gasteiger partial charge is 0.494 e. The third-order valence-corrected chi connectivity index (χ3v) is 7.90. The van der Waals surface area contributed by atoms with Gasteiger partial charge < -0.3 is 14.2 Å². The third kappa shape index (κ3) is 14.0. The molecule has 3 aromatic carbocycles. The number of rotatable bonds is 22. The van der Waals surface area contributed by atoms with Crippen LogP contribution in [0.5, 0.6) is 11.5 Å². The molecule has 0 aromatic heterocycles. The molecule has 3 aromatic rings. The van der Waals surface area contributed by atoms with Crippen LogP contribution in [0.1, 0.15) is 131 Å². The summed E-state index contributed by atoms with van der Waals surface area (Å²) in [5.74, 6) is 0.325. The van der Waals surface area contributed by atoms with Gasteiger partial charge in [0, 0.05) is 0 Å². The molecule has 0 aliphatic rings. The van der Waals surface area contributed by atoms with Gasteiger partial charge in [-0.1, -0.05) is 85.0 Å². The maximum atomic E-state index is 12.7. The zero-order valence-electron chi connectivity index (χ0n) is 28.0. The number of azo groups is 1. The number of hydrogen-bond donors (Lipinski definition) is 0. The molecule has 1 atom stereocenters. The first kappa shape index (κ1) is 36.5. The summed E-state index contributed by atoms with van der Waals surface area (Å²) in [6.45, 7) is 7.20. The zero-order chi connectivity index (χ0) is 32.8. The van der Waals surface area contributed by atoms with E-state index in [1.165, 1.54) is 64.2 Å². The topological polar surface area (TPSA) is 86.5 Å². The SMILES string of the molecule is CCCCCCCCOc1ccc(N=Nc2ccc(C(=O)Oc3ccc(C(=O)O[C@@H](CC)CCCCCCCC)cc3)cc2)cc1. The van der Waals surface area contributed by atoms with Crippen LogP contribution in [0, 0.1) is 0 Å². The summed E-state index contributed by atoms with van der Waals surface area (Å²) in [5.41, 5.74) is 2.15. The van der Waals surface area contributed by atoms with Crippen molar-refractivity contribution in [1.29, 1.82) is 0 Å². The van der Waals surface area contributed by atoms with Crippen LogP contribution in [-0.2, 0) is 4.74 Å². The predicted molar refractivity (Wildman–Crippen MR) is 185 cm³/mol. The minimum absolute atomic E-state index is 0.0848. The standard InChI is InChI=1S/C39H52N2O5/c1-4-7-9-11-13-15-17-35(6-3)45-38(42)32-20-26-37(27-21-32)46-39(43)31-18-22-33(23-19-31)40-41-34-24-28-36(29-25-34)44-30-16-14-12-10-8-5-2/h18-29,35H,4-17,30H2,1-3H3/t35-/m0/s1. The highest BCUT2D eigenvalue weighted by atomic mass is 16.5. The van der Waals surface area contributed by atoms with E-state index in [9.17, 15) is 9.59 Å². The lowest BCUT2D eigenvalue weighted by Crippen LogP contribution is -2.17. The molecule has 0 unspecified atom stereocenters. The molecule has 0 aliphatic carbocycles. The Bertz CT molecular complexity index is 1300. The van der Waals surface area contributed by atoms with Gasteiger partial charge in [-0.05, 0) is 98.5 Å². The maximum absolute atomic E-state index is 12.7. The first-order valence-corrected chi connectivity index (χ1v) is 17.3. The highest BCUT2D eigenvalue weighted by molar-refractivity contribution is 5.92. The molecule has 0 bridgehead atoms. The Morgan fingerprint density at radius 3 is 1.63 bits per heavy atom. The lowest BCUT2D eigenvalue weighted by Gasteiger charge is -2.16. The van der Waals surface area contributed by atoms with Crippen LogP contribution in [0.4, 0.5) is 11.4 Å². The highest BCUT2D eigenvalue weighted by Crippen LogP contribution is 2.23. The van der Waals surface area contributed by atoms with Crippen LogP contribution in [0.2, 0.25) is 0 Å². The molecule has 0 saturated carbocycles. The fraction of sp³-hybridized carbons (Fsp3) is 0.487. The van der Waals surface area contributed by atoms with Gasteiger partial charge in [-0.25, -0.2) is 9.59 Å². The quantitative estimate of drug-likeness (QED) is 0.0478. The normalized spacial score (nSPS) is 11.8. The molecule has 0 fully saturated rings. The third-order valence-electron chi connectivity index (χ3n) is 7.90. The van der Waals surface area contributed by atoms with Crippen molar-refractivity contribution in [2.24, 2.45) is 10.2 Å². The van der Waals surface area contributed by atoms with Gasteiger partial charge in [-0.3, -0.25) is 0 Å². The molecule has 0 heterocycles. The van der Waals surface area contributed by atoms with E-state index in [0.29, 0.717) is 28.3 Å². The van der Waals surface area contributed by atoms with Gasteiger partial charge in [-0.2, -0.15) is 10.2 Å². The van der Waals surface area contributed by atoms with Crippen molar-refractivity contribution in [3.05, 3.63) is 83.9 Å². The summed E-state index contributed by atoms with van der Waals surface area (Å²) in [5, 5.41) is 8.56. The Labute approximate surface area is 275 Å². The molecule has 248 valence electrons. The second kappa shape index (κ2) is 21.7. The first-order valence-electron chi connectivity index (χ1n) is 17.3. The average Bonchev–Trinajstić information content (AvgIpc) is 3.09. The lowest BCUT2D eigenvalue weighted by atomic mass is 10.1. The van der Waals surface area contributed by atoms with Crippen molar-refractivity contribution in [1.82, 2.24) is 0 Å². The van der Waals surface area contributed by atoms with E-state index in [1.54, 1.807) is 48.5 Å². The van der Waals surface area contributed by atoms with Gasteiger partial charge >= 0.3 is 11.9 Å². The predicted octanol–water partition coefficient (Wildman–Crippen LogP) is 11.7. The Morgan fingerprint density at radius 1 is 0.565 bits per heavy atom. The van der Waals surface area contributed by atoms with Gasteiger partial charge in [-0.15, -0.1) is 0 Å². The molecule has 7 heteroatoms. The number of hydrogen-bond acceptors (Lipinski definition) is 7. The van der Waals surface area contributed by atoms with Crippen LogP contribution < -0.4 is 9.47 Å². The van der Waals surface area contributed by atoms with Gasteiger partial charge in [0.1, 0.15) is 17.6 Å². The second-order valence-electron chi connectivity index (χ2n) is 11.8. The molecule has 0 aliphatic heterocycles. The summed E-state index contributed by atoms with van der Waals surface area (Å²) < 4.78 is 17.1. The van der Waals surface area contributed by atoms with Crippen LogP contribution in [0.25, 0.3) is 0 Å². The summed E-state index contributed by atoms with van der Waals surface area (Å²) in [4.78, 5) is 25.4. The lowest BCUT2D eigenvalue weighted by molar-refractivity contribution is 0.0267. The van der Waals surface area contributed by atoms with Crippen molar-refractivity contribution in [2.75, 3.05) is 6.61 Å². The fourth-order valence-corrected chi connectivity index (χ4v) is 5.00. The highest BCUT2D eigenvalue weighted by Gasteiger charge is 2.15. The van der Waals surface area contributed by atoms with Crippen molar-refractivity contribution in [3.63, 3.8) is 0 Å².